The smallest absolute Gasteiger partial charge is 0.239 e. The summed E-state index contributed by atoms with van der Waals surface area (Å²) >= 11 is 0. The Kier molecular flexibility index (Phi) is 6.39. The molecule has 3 N–H and O–H groups in total. The van der Waals surface area contributed by atoms with E-state index in [4.69, 9.17) is 4.52 Å². The first-order valence-corrected chi connectivity index (χ1v) is 7.40. The van der Waals surface area contributed by atoms with E-state index in [0.29, 0.717) is 12.5 Å². The Morgan fingerprint density at radius 2 is 1.95 bits per heavy atom. The molecule has 1 amide bonds. The number of nitrogens with one attached hydrogen (secondary N) is 3. The number of hydrogen-bond donors (Lipinski definition) is 3. The molecule has 0 radical (unpaired) electrons. The summed E-state index contributed by atoms with van der Waals surface area (Å²) in [6, 6.07) is 0. The SMILES string of the molecule is CN=C(NCCc1c(C)noc1C)NCC(=O)NC(C)(C)C. The Morgan fingerprint density at radius 3 is 2.45 bits per heavy atom. The second-order valence-corrected chi connectivity index (χ2v) is 6.20. The van der Waals surface area contributed by atoms with Crippen LogP contribution in [0.1, 0.15) is 37.8 Å². The van der Waals surface area contributed by atoms with Crippen LogP contribution in [0.5, 0.6) is 0 Å². The van der Waals surface area contributed by atoms with Crippen molar-refractivity contribution in [1.29, 1.82) is 0 Å². The van der Waals surface area contributed by atoms with E-state index in [2.05, 4.69) is 26.1 Å². The molecule has 0 aliphatic rings. The summed E-state index contributed by atoms with van der Waals surface area (Å²) < 4.78 is 5.13. The maximum Gasteiger partial charge on any atom is 0.239 e. The van der Waals surface area contributed by atoms with Crippen molar-refractivity contribution in [3.63, 3.8) is 0 Å². The van der Waals surface area contributed by atoms with E-state index in [9.17, 15) is 4.79 Å². The fourth-order valence-electron chi connectivity index (χ4n) is 2.01. The second-order valence-electron chi connectivity index (χ2n) is 6.20. The van der Waals surface area contributed by atoms with Crippen molar-refractivity contribution in [2.24, 2.45) is 4.99 Å². The van der Waals surface area contributed by atoms with Gasteiger partial charge in [0, 0.05) is 24.7 Å². The number of hydrogen-bond acceptors (Lipinski definition) is 4. The lowest BCUT2D eigenvalue weighted by Gasteiger charge is -2.21. The van der Waals surface area contributed by atoms with Gasteiger partial charge in [-0.05, 0) is 41.0 Å². The van der Waals surface area contributed by atoms with Gasteiger partial charge in [0.25, 0.3) is 0 Å². The van der Waals surface area contributed by atoms with Gasteiger partial charge in [-0.25, -0.2) is 0 Å². The zero-order chi connectivity index (χ0) is 16.8. The molecule has 0 aliphatic carbocycles. The predicted molar refractivity (Wildman–Crippen MR) is 86.9 cm³/mol. The van der Waals surface area contributed by atoms with Gasteiger partial charge >= 0.3 is 0 Å². The zero-order valence-electron chi connectivity index (χ0n) is 14.3. The van der Waals surface area contributed by atoms with Crippen LogP contribution >= 0.6 is 0 Å². The van der Waals surface area contributed by atoms with Crippen LogP contribution in [0.15, 0.2) is 9.52 Å². The van der Waals surface area contributed by atoms with Gasteiger partial charge < -0.3 is 20.5 Å². The molecule has 0 spiro atoms. The van der Waals surface area contributed by atoms with E-state index in [0.717, 1.165) is 23.4 Å². The number of rotatable bonds is 5. The molecule has 1 heterocycles. The molecular formula is C15H27N5O2. The molecule has 7 nitrogen and oxygen atoms in total. The summed E-state index contributed by atoms with van der Waals surface area (Å²) in [5, 5.41) is 13.0. The van der Waals surface area contributed by atoms with Gasteiger partial charge in [0.05, 0.1) is 12.2 Å². The number of nitrogens with zero attached hydrogens (tertiary/aromatic N) is 2. The summed E-state index contributed by atoms with van der Waals surface area (Å²) in [6.45, 7) is 10.5. The molecule has 1 aromatic rings. The Morgan fingerprint density at radius 1 is 1.27 bits per heavy atom. The summed E-state index contributed by atoms with van der Waals surface area (Å²) in [6.07, 6.45) is 0.788. The molecule has 0 saturated carbocycles. The minimum absolute atomic E-state index is 0.0684. The first-order chi connectivity index (χ1) is 10.2. The largest absolute Gasteiger partial charge is 0.361 e. The molecule has 124 valence electrons. The number of aromatic nitrogens is 1. The lowest BCUT2D eigenvalue weighted by molar-refractivity contribution is -0.121. The maximum absolute atomic E-state index is 11.8. The number of aliphatic imine (C=N–C) groups is 1. The van der Waals surface area contributed by atoms with Crippen LogP contribution in [0.3, 0.4) is 0 Å². The molecule has 0 saturated heterocycles. The highest BCUT2D eigenvalue weighted by atomic mass is 16.5. The lowest BCUT2D eigenvalue weighted by atomic mass is 10.1. The van der Waals surface area contributed by atoms with Crippen LogP contribution < -0.4 is 16.0 Å². The average molecular weight is 309 g/mol. The summed E-state index contributed by atoms with van der Waals surface area (Å²) in [5.74, 6) is 1.36. The Hall–Kier alpha value is -2.05. The molecular weight excluding hydrogens is 282 g/mol. The first kappa shape index (κ1) is 18.0. The van der Waals surface area contributed by atoms with Crippen LogP contribution in [-0.2, 0) is 11.2 Å². The number of aryl methyl sites for hydroxylation is 2. The fraction of sp³-hybridized carbons (Fsp3) is 0.667. The van der Waals surface area contributed by atoms with Crippen molar-refractivity contribution >= 4 is 11.9 Å². The topological polar surface area (TPSA) is 91.6 Å². The monoisotopic (exact) mass is 309 g/mol. The lowest BCUT2D eigenvalue weighted by Crippen LogP contribution is -2.48. The van der Waals surface area contributed by atoms with Crippen molar-refractivity contribution in [3.8, 4) is 0 Å². The third-order valence-electron chi connectivity index (χ3n) is 3.00. The maximum atomic E-state index is 11.8. The third kappa shape index (κ3) is 6.15. The number of guanidine groups is 1. The van der Waals surface area contributed by atoms with Crippen LogP contribution in [-0.4, -0.2) is 42.7 Å². The standard InChI is InChI=1S/C15H27N5O2/c1-10-12(11(2)22-20-10)7-8-17-14(16-6)18-9-13(21)19-15(3,4)5/h7-9H2,1-6H3,(H,19,21)(H2,16,17,18). The predicted octanol–water partition coefficient (Wildman–Crippen LogP) is 0.914. The van der Waals surface area contributed by atoms with Gasteiger partial charge in [-0.1, -0.05) is 5.16 Å². The Labute approximate surface area is 131 Å². The highest BCUT2D eigenvalue weighted by Crippen LogP contribution is 2.11. The molecule has 0 unspecified atom stereocenters. The second kappa shape index (κ2) is 7.82. The van der Waals surface area contributed by atoms with E-state index in [1.54, 1.807) is 7.05 Å². The molecule has 7 heteroatoms. The van der Waals surface area contributed by atoms with Crippen molar-refractivity contribution in [1.82, 2.24) is 21.1 Å². The van der Waals surface area contributed by atoms with Crippen molar-refractivity contribution in [2.75, 3.05) is 20.1 Å². The van der Waals surface area contributed by atoms with Gasteiger partial charge in [-0.3, -0.25) is 9.79 Å². The van der Waals surface area contributed by atoms with Crippen molar-refractivity contribution in [2.45, 2.75) is 46.6 Å². The van der Waals surface area contributed by atoms with E-state index in [-0.39, 0.29) is 18.0 Å². The zero-order valence-corrected chi connectivity index (χ0v) is 14.3. The van der Waals surface area contributed by atoms with Gasteiger partial charge in [-0.15, -0.1) is 0 Å². The molecule has 22 heavy (non-hydrogen) atoms. The van der Waals surface area contributed by atoms with E-state index < -0.39 is 0 Å². The van der Waals surface area contributed by atoms with Crippen LogP contribution in [0.25, 0.3) is 0 Å². The molecule has 1 rings (SSSR count). The number of carbonyl (C=O) groups excluding carboxylic acids is 1. The molecule has 0 fully saturated rings. The van der Waals surface area contributed by atoms with Crippen molar-refractivity contribution < 1.29 is 9.32 Å². The van der Waals surface area contributed by atoms with Crippen LogP contribution in [0, 0.1) is 13.8 Å². The van der Waals surface area contributed by atoms with Gasteiger partial charge in [0.15, 0.2) is 5.96 Å². The summed E-state index contributed by atoms with van der Waals surface area (Å²) in [5.41, 5.74) is 1.78. The quantitative estimate of drug-likeness (QED) is 0.555. The van der Waals surface area contributed by atoms with Crippen LogP contribution in [0.2, 0.25) is 0 Å². The van der Waals surface area contributed by atoms with E-state index in [1.807, 2.05) is 34.6 Å². The highest BCUT2D eigenvalue weighted by Gasteiger charge is 2.14. The highest BCUT2D eigenvalue weighted by molar-refractivity contribution is 5.86. The Bertz CT molecular complexity index is 509. The van der Waals surface area contributed by atoms with Gasteiger partial charge in [0.1, 0.15) is 5.76 Å². The van der Waals surface area contributed by atoms with Crippen LogP contribution in [0.4, 0.5) is 0 Å². The number of amides is 1. The van der Waals surface area contributed by atoms with Gasteiger partial charge in [-0.2, -0.15) is 0 Å². The van der Waals surface area contributed by atoms with Gasteiger partial charge in [0.2, 0.25) is 5.91 Å². The minimum atomic E-state index is -0.237. The molecule has 0 atom stereocenters. The third-order valence-corrected chi connectivity index (χ3v) is 3.00. The van der Waals surface area contributed by atoms with Crippen molar-refractivity contribution in [3.05, 3.63) is 17.0 Å². The summed E-state index contributed by atoms with van der Waals surface area (Å²) in [4.78, 5) is 15.8. The van der Waals surface area contributed by atoms with E-state index >= 15 is 0 Å². The summed E-state index contributed by atoms with van der Waals surface area (Å²) in [7, 11) is 1.67. The fourth-order valence-corrected chi connectivity index (χ4v) is 2.01. The molecule has 0 aromatic carbocycles. The molecule has 1 aromatic heterocycles. The first-order valence-electron chi connectivity index (χ1n) is 7.40. The Balaban J connectivity index is 2.36. The average Bonchev–Trinajstić information content (AvgIpc) is 2.72. The molecule has 0 aliphatic heterocycles. The van der Waals surface area contributed by atoms with E-state index in [1.165, 1.54) is 0 Å². The number of carbonyl (C=O) groups is 1. The normalized spacial score (nSPS) is 12.2. The molecule has 0 bridgehead atoms. The minimum Gasteiger partial charge on any atom is -0.361 e.